The molecule has 1 saturated carbocycles. The Kier molecular flexibility index (Phi) is 6.97. The second kappa shape index (κ2) is 7.90. The molecule has 134 valence electrons. The van der Waals surface area contributed by atoms with Crippen LogP contribution in [0.5, 0.6) is 0 Å². The maximum atomic E-state index is 12.0. The summed E-state index contributed by atoms with van der Waals surface area (Å²) in [5.74, 6) is 0.608. The highest BCUT2D eigenvalue weighted by atomic mass is 127. The van der Waals surface area contributed by atoms with Crippen molar-refractivity contribution in [2.75, 3.05) is 32.7 Å². The average molecular weight is 438 g/mol. The van der Waals surface area contributed by atoms with Gasteiger partial charge >= 0.3 is 6.09 Å². The Morgan fingerprint density at radius 3 is 2.13 bits per heavy atom. The number of rotatable bonds is 2. The van der Waals surface area contributed by atoms with Crippen molar-refractivity contribution in [2.45, 2.75) is 52.6 Å². The summed E-state index contributed by atoms with van der Waals surface area (Å²) in [6.45, 7) is 11.4. The molecule has 0 bridgehead atoms. The van der Waals surface area contributed by atoms with Crippen molar-refractivity contribution >= 4 is 36.0 Å². The van der Waals surface area contributed by atoms with Crippen molar-refractivity contribution in [1.82, 2.24) is 9.80 Å². The summed E-state index contributed by atoms with van der Waals surface area (Å²) in [6, 6.07) is 0. The van der Waals surface area contributed by atoms with Gasteiger partial charge in [0.25, 0.3) is 0 Å². The molecule has 0 unspecified atom stereocenters. The van der Waals surface area contributed by atoms with E-state index in [0.717, 1.165) is 6.54 Å². The highest BCUT2D eigenvalue weighted by Crippen LogP contribution is 2.40. The lowest BCUT2D eigenvalue weighted by Crippen LogP contribution is -2.53. The van der Waals surface area contributed by atoms with Crippen LogP contribution in [0.15, 0.2) is 4.99 Å². The smallest absolute Gasteiger partial charge is 0.410 e. The number of guanidine groups is 1. The molecule has 2 rings (SSSR count). The molecule has 1 heterocycles. The summed E-state index contributed by atoms with van der Waals surface area (Å²) < 4.78 is 5.39. The van der Waals surface area contributed by atoms with Crippen LogP contribution in [0.25, 0.3) is 0 Å². The highest BCUT2D eigenvalue weighted by molar-refractivity contribution is 14.0. The Morgan fingerprint density at radius 1 is 1.17 bits per heavy atom. The number of hydrogen-bond acceptors (Lipinski definition) is 3. The summed E-state index contributed by atoms with van der Waals surface area (Å²) in [5, 5.41) is 0. The molecule has 1 aliphatic carbocycles. The van der Waals surface area contributed by atoms with E-state index in [1.54, 1.807) is 4.90 Å². The molecule has 0 aromatic heterocycles. The molecule has 0 aromatic rings. The third-order valence-corrected chi connectivity index (χ3v) is 4.44. The lowest BCUT2D eigenvalue weighted by atomic mass is 9.71. The van der Waals surface area contributed by atoms with Gasteiger partial charge in [-0.25, -0.2) is 4.79 Å². The fourth-order valence-corrected chi connectivity index (χ4v) is 2.75. The maximum Gasteiger partial charge on any atom is 0.410 e. The van der Waals surface area contributed by atoms with Crippen LogP contribution in [0.4, 0.5) is 4.79 Å². The zero-order valence-electron chi connectivity index (χ0n) is 14.8. The number of halogens is 1. The normalized spacial score (nSPS) is 21.3. The van der Waals surface area contributed by atoms with Crippen LogP contribution in [-0.2, 0) is 4.74 Å². The number of carbonyl (C=O) groups excluding carboxylic acids is 1. The van der Waals surface area contributed by atoms with Crippen LogP contribution in [-0.4, -0.2) is 60.2 Å². The molecular formula is C16H31IN4O2. The number of amides is 1. The van der Waals surface area contributed by atoms with E-state index in [-0.39, 0.29) is 30.1 Å². The van der Waals surface area contributed by atoms with Crippen LogP contribution in [0, 0.1) is 5.41 Å². The molecule has 7 heteroatoms. The molecule has 1 aliphatic heterocycles. The summed E-state index contributed by atoms with van der Waals surface area (Å²) in [7, 11) is 0. The van der Waals surface area contributed by atoms with E-state index in [0.29, 0.717) is 37.6 Å². The van der Waals surface area contributed by atoms with Crippen molar-refractivity contribution in [1.29, 1.82) is 0 Å². The van der Waals surface area contributed by atoms with Crippen molar-refractivity contribution in [2.24, 2.45) is 16.1 Å². The first-order valence-electron chi connectivity index (χ1n) is 8.21. The van der Waals surface area contributed by atoms with Crippen LogP contribution in [0.1, 0.15) is 47.0 Å². The Labute approximate surface area is 156 Å². The third-order valence-electron chi connectivity index (χ3n) is 4.44. The second-order valence-corrected chi connectivity index (χ2v) is 7.79. The molecular weight excluding hydrogens is 407 g/mol. The molecule has 0 radical (unpaired) electrons. The maximum absolute atomic E-state index is 12.0. The zero-order valence-corrected chi connectivity index (χ0v) is 17.1. The zero-order chi connectivity index (χ0) is 16.4. The molecule has 0 atom stereocenters. The quantitative estimate of drug-likeness (QED) is 0.409. The second-order valence-electron chi connectivity index (χ2n) is 7.79. The van der Waals surface area contributed by atoms with Gasteiger partial charge in [0.2, 0.25) is 0 Å². The van der Waals surface area contributed by atoms with Crippen molar-refractivity contribution in [3.8, 4) is 0 Å². The minimum Gasteiger partial charge on any atom is -0.444 e. The van der Waals surface area contributed by atoms with Gasteiger partial charge in [-0.05, 0) is 39.0 Å². The molecule has 2 N–H and O–H groups in total. The van der Waals surface area contributed by atoms with Gasteiger partial charge in [0, 0.05) is 32.7 Å². The SMILES string of the molecule is CC1(CN=C(N)N2CCN(C(=O)OC(C)(C)C)CC2)CCC1.I. The van der Waals surface area contributed by atoms with Crippen LogP contribution < -0.4 is 5.73 Å². The fraction of sp³-hybridized carbons (Fsp3) is 0.875. The monoisotopic (exact) mass is 438 g/mol. The van der Waals surface area contributed by atoms with Gasteiger partial charge < -0.3 is 20.3 Å². The minimum atomic E-state index is -0.451. The summed E-state index contributed by atoms with van der Waals surface area (Å²) in [5.41, 5.74) is 6.00. The topological polar surface area (TPSA) is 71.2 Å². The fourth-order valence-electron chi connectivity index (χ4n) is 2.75. The van der Waals surface area contributed by atoms with E-state index >= 15 is 0 Å². The van der Waals surface area contributed by atoms with Crippen molar-refractivity contribution in [3.05, 3.63) is 0 Å². The first-order chi connectivity index (χ1) is 10.2. The predicted octanol–water partition coefficient (Wildman–Crippen LogP) is 2.66. The van der Waals surface area contributed by atoms with Gasteiger partial charge in [0.15, 0.2) is 5.96 Å². The Morgan fingerprint density at radius 2 is 1.70 bits per heavy atom. The third kappa shape index (κ3) is 6.00. The van der Waals surface area contributed by atoms with Gasteiger partial charge in [0.1, 0.15) is 5.60 Å². The van der Waals surface area contributed by atoms with E-state index in [1.807, 2.05) is 20.8 Å². The summed E-state index contributed by atoms with van der Waals surface area (Å²) in [6.07, 6.45) is 3.55. The number of ether oxygens (including phenoxy) is 1. The van der Waals surface area contributed by atoms with Crippen LogP contribution in [0.2, 0.25) is 0 Å². The molecule has 1 amide bonds. The summed E-state index contributed by atoms with van der Waals surface area (Å²) in [4.78, 5) is 20.4. The minimum absolute atomic E-state index is 0. The largest absolute Gasteiger partial charge is 0.444 e. The lowest BCUT2D eigenvalue weighted by molar-refractivity contribution is 0.0186. The van der Waals surface area contributed by atoms with E-state index in [4.69, 9.17) is 10.5 Å². The molecule has 2 fully saturated rings. The van der Waals surface area contributed by atoms with E-state index in [1.165, 1.54) is 19.3 Å². The first kappa shape index (κ1) is 20.3. The van der Waals surface area contributed by atoms with Gasteiger partial charge in [-0.2, -0.15) is 0 Å². The Hall–Kier alpha value is -0.730. The van der Waals surface area contributed by atoms with Gasteiger partial charge in [-0.1, -0.05) is 13.3 Å². The number of carbonyl (C=O) groups is 1. The average Bonchev–Trinajstić information content (AvgIpc) is 2.41. The van der Waals surface area contributed by atoms with Crippen LogP contribution >= 0.6 is 24.0 Å². The van der Waals surface area contributed by atoms with Gasteiger partial charge in [-0.15, -0.1) is 24.0 Å². The molecule has 2 aliphatic rings. The number of nitrogens with zero attached hydrogens (tertiary/aromatic N) is 3. The number of hydrogen-bond donors (Lipinski definition) is 1. The van der Waals surface area contributed by atoms with Crippen molar-refractivity contribution < 1.29 is 9.53 Å². The number of nitrogens with two attached hydrogens (primary N) is 1. The number of aliphatic imine (C=N–C) groups is 1. The lowest BCUT2D eigenvalue weighted by Gasteiger charge is -2.38. The van der Waals surface area contributed by atoms with Crippen molar-refractivity contribution in [3.63, 3.8) is 0 Å². The highest BCUT2D eigenvalue weighted by Gasteiger charge is 2.32. The molecule has 6 nitrogen and oxygen atoms in total. The molecule has 1 saturated heterocycles. The molecule has 0 spiro atoms. The summed E-state index contributed by atoms with van der Waals surface area (Å²) >= 11 is 0. The molecule has 23 heavy (non-hydrogen) atoms. The number of piperazine rings is 1. The standard InChI is InChI=1S/C16H30N4O2.HI/c1-15(2,3)22-14(21)20-10-8-19(9-11-20)13(17)18-12-16(4)6-5-7-16;/h5-12H2,1-4H3,(H2,17,18);1H. The van der Waals surface area contributed by atoms with E-state index in [2.05, 4.69) is 16.8 Å². The Bertz CT molecular complexity index is 436. The van der Waals surface area contributed by atoms with E-state index in [9.17, 15) is 4.79 Å². The predicted molar refractivity (Wildman–Crippen MR) is 103 cm³/mol. The molecule has 0 aromatic carbocycles. The van der Waals surface area contributed by atoms with E-state index < -0.39 is 5.60 Å². The van der Waals surface area contributed by atoms with Gasteiger partial charge in [0.05, 0.1) is 0 Å². The first-order valence-corrected chi connectivity index (χ1v) is 8.21. The Balaban J connectivity index is 0.00000264. The van der Waals surface area contributed by atoms with Crippen LogP contribution in [0.3, 0.4) is 0 Å². The van der Waals surface area contributed by atoms with Gasteiger partial charge in [-0.3, -0.25) is 4.99 Å².